The summed E-state index contributed by atoms with van der Waals surface area (Å²) in [5, 5.41) is 12.9. The summed E-state index contributed by atoms with van der Waals surface area (Å²) in [5.41, 5.74) is 0.570. The molecule has 94 valence electrons. The van der Waals surface area contributed by atoms with Gasteiger partial charge in [-0.05, 0) is 56.3 Å². The van der Waals surface area contributed by atoms with Crippen molar-refractivity contribution in [3.05, 3.63) is 35.6 Å². The summed E-state index contributed by atoms with van der Waals surface area (Å²) in [6.07, 6.45) is 3.22. The van der Waals surface area contributed by atoms with Crippen molar-refractivity contribution in [1.82, 2.24) is 5.32 Å². The lowest BCUT2D eigenvalue weighted by molar-refractivity contribution is 0.172. The Labute approximate surface area is 102 Å². The van der Waals surface area contributed by atoms with Crippen molar-refractivity contribution < 1.29 is 9.50 Å². The van der Waals surface area contributed by atoms with Crippen molar-refractivity contribution in [2.75, 3.05) is 13.2 Å². The van der Waals surface area contributed by atoms with Gasteiger partial charge in [0.1, 0.15) is 5.82 Å². The molecular weight excluding hydrogens is 217 g/mol. The number of hydrogen-bond donors (Lipinski definition) is 2. The molecule has 2 rings (SSSR count). The maximum absolute atomic E-state index is 13.1. The van der Waals surface area contributed by atoms with Gasteiger partial charge >= 0.3 is 0 Å². The first kappa shape index (κ1) is 12.5. The van der Waals surface area contributed by atoms with Crippen LogP contribution < -0.4 is 5.32 Å². The summed E-state index contributed by atoms with van der Waals surface area (Å²) < 4.78 is 13.1. The predicted octanol–water partition coefficient (Wildman–Crippen LogP) is 2.12. The molecule has 1 saturated carbocycles. The van der Waals surface area contributed by atoms with Gasteiger partial charge in [0.25, 0.3) is 0 Å². The van der Waals surface area contributed by atoms with Crippen LogP contribution in [0.5, 0.6) is 0 Å². The molecule has 1 aliphatic carbocycles. The van der Waals surface area contributed by atoms with Crippen molar-refractivity contribution in [3.63, 3.8) is 0 Å². The molecule has 0 saturated heterocycles. The van der Waals surface area contributed by atoms with E-state index < -0.39 is 0 Å². The quantitative estimate of drug-likeness (QED) is 0.794. The third-order valence-electron chi connectivity index (χ3n) is 3.35. The standard InChI is InChI=1S/C14H20FNO/c1-14(10-17,16-9-11-5-6-11)8-12-3-2-4-13(15)7-12/h2-4,7,11,16-17H,5-6,8-10H2,1H3. The van der Waals surface area contributed by atoms with E-state index in [2.05, 4.69) is 5.32 Å². The minimum atomic E-state index is -0.351. The highest BCUT2D eigenvalue weighted by Crippen LogP contribution is 2.28. The third-order valence-corrected chi connectivity index (χ3v) is 3.35. The van der Waals surface area contributed by atoms with Crippen LogP contribution >= 0.6 is 0 Å². The van der Waals surface area contributed by atoms with Crippen LogP contribution in [-0.4, -0.2) is 23.8 Å². The molecule has 0 amide bonds. The molecule has 0 spiro atoms. The zero-order chi connectivity index (χ0) is 12.3. The second kappa shape index (κ2) is 5.15. The molecule has 2 N–H and O–H groups in total. The number of rotatable bonds is 6. The molecule has 1 aromatic rings. The smallest absolute Gasteiger partial charge is 0.123 e. The van der Waals surface area contributed by atoms with Gasteiger partial charge in [-0.25, -0.2) is 4.39 Å². The average Bonchev–Trinajstić information content (AvgIpc) is 3.10. The number of aliphatic hydroxyl groups excluding tert-OH is 1. The number of benzene rings is 1. The molecule has 0 bridgehead atoms. The molecular formula is C14H20FNO. The Morgan fingerprint density at radius 2 is 2.24 bits per heavy atom. The van der Waals surface area contributed by atoms with Gasteiger partial charge in [0.2, 0.25) is 0 Å². The van der Waals surface area contributed by atoms with Gasteiger partial charge in [-0.2, -0.15) is 0 Å². The van der Waals surface area contributed by atoms with E-state index in [1.807, 2.05) is 13.0 Å². The third kappa shape index (κ3) is 3.79. The number of nitrogens with one attached hydrogen (secondary N) is 1. The number of aliphatic hydroxyl groups is 1. The SMILES string of the molecule is CC(CO)(Cc1cccc(F)c1)NCC1CC1. The molecule has 0 heterocycles. The highest BCUT2D eigenvalue weighted by atomic mass is 19.1. The molecule has 1 fully saturated rings. The Kier molecular flexibility index (Phi) is 3.79. The van der Waals surface area contributed by atoms with E-state index in [1.165, 1.54) is 25.0 Å². The van der Waals surface area contributed by atoms with Crippen LogP contribution in [0.1, 0.15) is 25.3 Å². The largest absolute Gasteiger partial charge is 0.394 e. The van der Waals surface area contributed by atoms with E-state index in [0.29, 0.717) is 6.42 Å². The van der Waals surface area contributed by atoms with E-state index in [9.17, 15) is 9.50 Å². The number of hydrogen-bond acceptors (Lipinski definition) is 2. The Hall–Kier alpha value is -0.930. The lowest BCUT2D eigenvalue weighted by Crippen LogP contribution is -2.48. The summed E-state index contributed by atoms with van der Waals surface area (Å²) >= 11 is 0. The molecule has 1 aromatic carbocycles. The molecule has 1 atom stereocenters. The van der Waals surface area contributed by atoms with Gasteiger partial charge in [0.05, 0.1) is 6.61 Å². The fraction of sp³-hybridized carbons (Fsp3) is 0.571. The van der Waals surface area contributed by atoms with Crippen molar-refractivity contribution in [1.29, 1.82) is 0 Å². The van der Waals surface area contributed by atoms with Crippen molar-refractivity contribution in [2.45, 2.75) is 31.7 Å². The van der Waals surface area contributed by atoms with Crippen molar-refractivity contribution in [2.24, 2.45) is 5.92 Å². The average molecular weight is 237 g/mol. The first-order valence-corrected chi connectivity index (χ1v) is 6.22. The lowest BCUT2D eigenvalue weighted by atomic mass is 9.93. The molecule has 1 unspecified atom stereocenters. The fourth-order valence-corrected chi connectivity index (χ4v) is 1.98. The van der Waals surface area contributed by atoms with Gasteiger partial charge in [0, 0.05) is 5.54 Å². The minimum absolute atomic E-state index is 0.0657. The van der Waals surface area contributed by atoms with Gasteiger partial charge in [-0.3, -0.25) is 0 Å². The Balaban J connectivity index is 1.96. The van der Waals surface area contributed by atoms with E-state index >= 15 is 0 Å². The van der Waals surface area contributed by atoms with Crippen LogP contribution in [0, 0.1) is 11.7 Å². The molecule has 3 heteroatoms. The predicted molar refractivity (Wildman–Crippen MR) is 66.3 cm³/mol. The Morgan fingerprint density at radius 1 is 1.47 bits per heavy atom. The topological polar surface area (TPSA) is 32.3 Å². The van der Waals surface area contributed by atoms with E-state index in [1.54, 1.807) is 6.07 Å². The van der Waals surface area contributed by atoms with Crippen LogP contribution in [0.2, 0.25) is 0 Å². The van der Waals surface area contributed by atoms with Gasteiger partial charge in [0.15, 0.2) is 0 Å². The first-order chi connectivity index (χ1) is 8.11. The van der Waals surface area contributed by atoms with E-state index in [-0.39, 0.29) is 18.0 Å². The maximum Gasteiger partial charge on any atom is 0.123 e. The zero-order valence-electron chi connectivity index (χ0n) is 10.2. The van der Waals surface area contributed by atoms with Crippen LogP contribution in [0.15, 0.2) is 24.3 Å². The van der Waals surface area contributed by atoms with Gasteiger partial charge in [-0.15, -0.1) is 0 Å². The Morgan fingerprint density at radius 3 is 2.82 bits per heavy atom. The molecule has 1 aliphatic rings. The van der Waals surface area contributed by atoms with Gasteiger partial charge in [-0.1, -0.05) is 12.1 Å². The lowest BCUT2D eigenvalue weighted by Gasteiger charge is -2.29. The molecule has 0 aliphatic heterocycles. The molecule has 17 heavy (non-hydrogen) atoms. The van der Waals surface area contributed by atoms with Crippen LogP contribution in [-0.2, 0) is 6.42 Å². The highest BCUT2D eigenvalue weighted by Gasteiger charge is 2.28. The van der Waals surface area contributed by atoms with Gasteiger partial charge < -0.3 is 10.4 Å². The van der Waals surface area contributed by atoms with E-state index in [0.717, 1.165) is 18.0 Å². The second-order valence-electron chi connectivity index (χ2n) is 5.35. The summed E-state index contributed by atoms with van der Waals surface area (Å²) in [6.45, 7) is 3.00. The monoisotopic (exact) mass is 237 g/mol. The van der Waals surface area contributed by atoms with Crippen molar-refractivity contribution >= 4 is 0 Å². The van der Waals surface area contributed by atoms with Crippen LogP contribution in [0.4, 0.5) is 4.39 Å². The second-order valence-corrected chi connectivity index (χ2v) is 5.35. The van der Waals surface area contributed by atoms with Crippen LogP contribution in [0.25, 0.3) is 0 Å². The zero-order valence-corrected chi connectivity index (χ0v) is 10.2. The Bertz CT molecular complexity index is 378. The van der Waals surface area contributed by atoms with E-state index in [4.69, 9.17) is 0 Å². The summed E-state index contributed by atoms with van der Waals surface area (Å²) in [5.74, 6) is 0.554. The number of halogens is 1. The summed E-state index contributed by atoms with van der Waals surface area (Å²) in [4.78, 5) is 0. The molecule has 0 aromatic heterocycles. The maximum atomic E-state index is 13.1. The minimum Gasteiger partial charge on any atom is -0.394 e. The fourth-order valence-electron chi connectivity index (χ4n) is 1.98. The molecule has 2 nitrogen and oxygen atoms in total. The van der Waals surface area contributed by atoms with Crippen molar-refractivity contribution in [3.8, 4) is 0 Å². The molecule has 0 radical (unpaired) electrons. The van der Waals surface area contributed by atoms with Crippen LogP contribution in [0.3, 0.4) is 0 Å². The summed E-state index contributed by atoms with van der Waals surface area (Å²) in [7, 11) is 0. The summed E-state index contributed by atoms with van der Waals surface area (Å²) in [6, 6.07) is 6.59. The first-order valence-electron chi connectivity index (χ1n) is 6.22. The highest BCUT2D eigenvalue weighted by molar-refractivity contribution is 5.19. The normalized spacial score (nSPS) is 19.0.